The maximum Gasteiger partial charge on any atom is 0.310 e. The first-order valence-corrected chi connectivity index (χ1v) is 13.3. The summed E-state index contributed by atoms with van der Waals surface area (Å²) in [5, 5.41) is 5.39. The quantitative estimate of drug-likeness (QED) is 0.253. The zero-order chi connectivity index (χ0) is 26.4. The molecule has 1 heterocycles. The van der Waals surface area contributed by atoms with E-state index >= 15 is 0 Å². The van der Waals surface area contributed by atoms with Gasteiger partial charge in [-0.05, 0) is 47.9 Å². The number of rotatable bonds is 9. The van der Waals surface area contributed by atoms with Crippen LogP contribution in [0.15, 0.2) is 82.6 Å². The van der Waals surface area contributed by atoms with Crippen molar-refractivity contribution in [1.29, 1.82) is 0 Å². The van der Waals surface area contributed by atoms with Crippen molar-refractivity contribution in [2.24, 2.45) is 0 Å². The molecule has 4 rings (SSSR count). The molecule has 1 aliphatic heterocycles. The predicted octanol–water partition coefficient (Wildman–Crippen LogP) is 3.73. The summed E-state index contributed by atoms with van der Waals surface area (Å²) in [4.78, 5) is 36.5. The van der Waals surface area contributed by atoms with Crippen LogP contribution in [0.2, 0.25) is 0 Å². The van der Waals surface area contributed by atoms with Crippen molar-refractivity contribution in [3.63, 3.8) is 0 Å². The molecule has 3 aromatic rings. The van der Waals surface area contributed by atoms with Crippen molar-refractivity contribution in [2.45, 2.75) is 24.7 Å². The van der Waals surface area contributed by atoms with Crippen LogP contribution in [0, 0.1) is 0 Å². The molecule has 190 valence electrons. The van der Waals surface area contributed by atoms with E-state index in [1.807, 2.05) is 12.1 Å². The lowest BCUT2D eigenvalue weighted by atomic mass is 10.0. The molecule has 2 N–H and O–H groups in total. The van der Waals surface area contributed by atoms with Crippen LogP contribution in [0.1, 0.15) is 35.7 Å². The van der Waals surface area contributed by atoms with Gasteiger partial charge in [-0.1, -0.05) is 55.5 Å². The molecule has 0 bridgehead atoms. The van der Waals surface area contributed by atoms with Crippen LogP contribution in [-0.4, -0.2) is 39.3 Å². The Balaban J connectivity index is 1.27. The lowest BCUT2D eigenvalue weighted by Crippen LogP contribution is -2.31. The first-order chi connectivity index (χ1) is 17.8. The van der Waals surface area contributed by atoms with Gasteiger partial charge in [0.15, 0.2) is 0 Å². The molecule has 0 saturated carbocycles. The van der Waals surface area contributed by atoms with E-state index in [1.165, 1.54) is 12.1 Å². The monoisotopic (exact) mass is 518 g/mol. The summed E-state index contributed by atoms with van der Waals surface area (Å²) < 4.78 is 30.5. The Morgan fingerprint density at radius 2 is 1.46 bits per heavy atom. The zero-order valence-corrected chi connectivity index (χ0v) is 21.0. The third kappa shape index (κ3) is 5.78. The average Bonchev–Trinajstić information content (AvgIpc) is 3.19. The Labute approximate surface area is 215 Å². The number of carbonyl (C=O) groups is 3. The van der Waals surface area contributed by atoms with Crippen molar-refractivity contribution >= 4 is 33.7 Å². The molecule has 9 heteroatoms. The van der Waals surface area contributed by atoms with Crippen molar-refractivity contribution in [3.05, 3.63) is 88.8 Å². The number of hydrogen-bond donors (Lipinski definition) is 2. The third-order valence-corrected chi connectivity index (χ3v) is 7.62. The Bertz CT molecular complexity index is 1480. The second kappa shape index (κ2) is 11.2. The number of fused-ring (bicyclic) bond motifs is 1. The van der Waals surface area contributed by atoms with Crippen LogP contribution < -0.4 is 15.4 Å². The van der Waals surface area contributed by atoms with Crippen molar-refractivity contribution in [1.82, 2.24) is 10.6 Å². The summed E-state index contributed by atoms with van der Waals surface area (Å²) in [7, 11) is -3.82. The summed E-state index contributed by atoms with van der Waals surface area (Å²) in [5.74, 6) is -0.812. The van der Waals surface area contributed by atoms with Crippen molar-refractivity contribution in [2.75, 3.05) is 13.1 Å². The SMILES string of the molecule is CCC(=O)Oc1ccccc1-c1ccc(C(=O)NCCCNC(=O)C2=Cc3ccccc3S2(=O)=O)cc1. The highest BCUT2D eigenvalue weighted by molar-refractivity contribution is 7.96. The number of amides is 2. The van der Waals surface area contributed by atoms with Crippen LogP contribution >= 0.6 is 0 Å². The molecule has 37 heavy (non-hydrogen) atoms. The molecule has 0 atom stereocenters. The van der Waals surface area contributed by atoms with Crippen LogP contribution in [0.5, 0.6) is 5.75 Å². The van der Waals surface area contributed by atoms with Gasteiger partial charge in [-0.15, -0.1) is 0 Å². The van der Waals surface area contributed by atoms with E-state index in [-0.39, 0.29) is 34.6 Å². The highest BCUT2D eigenvalue weighted by Gasteiger charge is 2.33. The molecular formula is C28H26N2O6S. The van der Waals surface area contributed by atoms with Gasteiger partial charge < -0.3 is 15.4 Å². The molecule has 0 saturated heterocycles. The standard InChI is InChI=1S/C28H26N2O6S/c1-2-26(31)36-23-10-5-4-9-22(23)19-12-14-20(15-13-19)27(32)29-16-7-17-30-28(33)25-18-21-8-3-6-11-24(21)37(25,34)35/h3-6,8-15,18H,2,7,16-17H2,1H3,(H,29,32)(H,30,33). The lowest BCUT2D eigenvalue weighted by Gasteiger charge is -2.11. The van der Waals surface area contributed by atoms with E-state index in [1.54, 1.807) is 61.5 Å². The topological polar surface area (TPSA) is 119 Å². The second-order valence-corrected chi connectivity index (χ2v) is 10.2. The number of sulfone groups is 1. The summed E-state index contributed by atoms with van der Waals surface area (Å²) >= 11 is 0. The first kappa shape index (κ1) is 25.8. The maximum absolute atomic E-state index is 12.5. The number of para-hydroxylation sites is 1. The number of esters is 1. The molecule has 0 spiro atoms. The summed E-state index contributed by atoms with van der Waals surface area (Å²) in [6.07, 6.45) is 2.06. The maximum atomic E-state index is 12.5. The lowest BCUT2D eigenvalue weighted by molar-refractivity contribution is -0.134. The fraction of sp³-hybridized carbons (Fsp3) is 0.179. The van der Waals surface area contributed by atoms with E-state index in [0.29, 0.717) is 29.8 Å². The zero-order valence-electron chi connectivity index (χ0n) is 20.2. The van der Waals surface area contributed by atoms with Gasteiger partial charge in [-0.25, -0.2) is 8.42 Å². The van der Waals surface area contributed by atoms with Crippen LogP contribution in [0.4, 0.5) is 0 Å². The Morgan fingerprint density at radius 1 is 0.811 bits per heavy atom. The molecule has 2 amide bonds. The third-order valence-electron chi connectivity index (χ3n) is 5.79. The molecule has 0 aromatic heterocycles. The van der Waals surface area contributed by atoms with Crippen LogP contribution in [-0.2, 0) is 19.4 Å². The summed E-state index contributed by atoms with van der Waals surface area (Å²) in [6.45, 7) is 2.22. The van der Waals surface area contributed by atoms with Crippen molar-refractivity contribution in [3.8, 4) is 16.9 Å². The van der Waals surface area contributed by atoms with Gasteiger partial charge in [0.25, 0.3) is 11.8 Å². The first-order valence-electron chi connectivity index (χ1n) is 11.8. The molecule has 8 nitrogen and oxygen atoms in total. The Kier molecular flexibility index (Phi) is 7.83. The second-order valence-electron chi connectivity index (χ2n) is 8.32. The van der Waals surface area contributed by atoms with Gasteiger partial charge in [-0.2, -0.15) is 0 Å². The van der Waals surface area contributed by atoms with Gasteiger partial charge >= 0.3 is 5.97 Å². The van der Waals surface area contributed by atoms with Crippen molar-refractivity contribution < 1.29 is 27.5 Å². The van der Waals surface area contributed by atoms with Crippen LogP contribution in [0.25, 0.3) is 17.2 Å². The number of hydrogen-bond acceptors (Lipinski definition) is 6. The smallest absolute Gasteiger partial charge is 0.310 e. The van der Waals surface area contributed by atoms with Gasteiger partial charge in [0.1, 0.15) is 10.7 Å². The van der Waals surface area contributed by atoms with Gasteiger partial charge in [0.05, 0.1) is 4.90 Å². The fourth-order valence-corrected chi connectivity index (χ4v) is 5.37. The van der Waals surface area contributed by atoms with E-state index < -0.39 is 15.7 Å². The summed E-state index contributed by atoms with van der Waals surface area (Å²) in [5.41, 5.74) is 2.50. The molecule has 0 radical (unpaired) electrons. The number of carbonyl (C=O) groups excluding carboxylic acids is 3. The molecule has 0 unspecified atom stereocenters. The molecule has 3 aromatic carbocycles. The Morgan fingerprint density at radius 3 is 2.16 bits per heavy atom. The molecule has 1 aliphatic rings. The minimum Gasteiger partial charge on any atom is -0.426 e. The van der Waals surface area contributed by atoms with E-state index in [2.05, 4.69) is 10.6 Å². The predicted molar refractivity (Wildman–Crippen MR) is 139 cm³/mol. The highest BCUT2D eigenvalue weighted by atomic mass is 32.2. The van der Waals surface area contributed by atoms with E-state index in [0.717, 1.165) is 11.1 Å². The Hall–Kier alpha value is -4.24. The number of benzene rings is 3. The number of nitrogens with one attached hydrogen (secondary N) is 2. The van der Waals surface area contributed by atoms with Gasteiger partial charge in [-0.3, -0.25) is 14.4 Å². The van der Waals surface area contributed by atoms with Crippen LogP contribution in [0.3, 0.4) is 0 Å². The molecular weight excluding hydrogens is 492 g/mol. The van der Waals surface area contributed by atoms with Gasteiger partial charge in [0.2, 0.25) is 9.84 Å². The molecule has 0 aliphatic carbocycles. The minimum atomic E-state index is -3.82. The highest BCUT2D eigenvalue weighted by Crippen LogP contribution is 2.32. The number of ether oxygens (including phenoxy) is 1. The summed E-state index contributed by atoms with van der Waals surface area (Å²) in [6, 6.07) is 20.6. The minimum absolute atomic E-state index is 0.129. The van der Waals surface area contributed by atoms with Gasteiger partial charge in [0, 0.05) is 30.6 Å². The van der Waals surface area contributed by atoms with E-state index in [4.69, 9.17) is 4.74 Å². The fourth-order valence-electron chi connectivity index (χ4n) is 3.84. The van der Waals surface area contributed by atoms with E-state index in [9.17, 15) is 22.8 Å². The average molecular weight is 519 g/mol. The largest absolute Gasteiger partial charge is 0.426 e. The normalized spacial score (nSPS) is 13.3. The molecule has 0 fully saturated rings.